The Kier molecular flexibility index (Phi) is 2.99. The van der Waals surface area contributed by atoms with Crippen molar-refractivity contribution in [3.05, 3.63) is 48.4 Å². The van der Waals surface area contributed by atoms with Gasteiger partial charge in [0, 0.05) is 35.3 Å². The molecule has 0 saturated carbocycles. The largest absolute Gasteiger partial charge is 0.496 e. The molecular weight excluding hydrogens is 252 g/mol. The molecule has 0 atom stereocenters. The van der Waals surface area contributed by atoms with Gasteiger partial charge in [0.15, 0.2) is 5.78 Å². The van der Waals surface area contributed by atoms with Gasteiger partial charge in [-0.15, -0.1) is 0 Å². The smallest absolute Gasteiger partial charge is 0.162 e. The van der Waals surface area contributed by atoms with Crippen LogP contribution in [0.2, 0.25) is 0 Å². The number of nitrogens with zero attached hydrogens (tertiary/aromatic N) is 1. The van der Waals surface area contributed by atoms with Crippen LogP contribution in [0.5, 0.6) is 5.75 Å². The van der Waals surface area contributed by atoms with Crippen molar-refractivity contribution in [3.63, 3.8) is 0 Å². The monoisotopic (exact) mass is 266 g/mol. The Morgan fingerprint density at radius 3 is 2.80 bits per heavy atom. The third kappa shape index (κ3) is 1.86. The first-order valence-electron chi connectivity index (χ1n) is 6.31. The highest BCUT2D eigenvalue weighted by molar-refractivity contribution is 6.12. The maximum atomic E-state index is 11.7. The number of ether oxygens (including phenoxy) is 1. The lowest BCUT2D eigenvalue weighted by molar-refractivity contribution is 0.101. The van der Waals surface area contributed by atoms with E-state index in [0.29, 0.717) is 11.3 Å². The van der Waals surface area contributed by atoms with Crippen molar-refractivity contribution < 1.29 is 9.53 Å². The van der Waals surface area contributed by atoms with Crippen molar-refractivity contribution in [3.8, 4) is 16.9 Å². The van der Waals surface area contributed by atoms with Crippen molar-refractivity contribution in [2.45, 2.75) is 6.92 Å². The second-order valence-electron chi connectivity index (χ2n) is 4.57. The third-order valence-electron chi connectivity index (χ3n) is 3.37. The van der Waals surface area contributed by atoms with Crippen molar-refractivity contribution in [2.75, 3.05) is 7.11 Å². The van der Waals surface area contributed by atoms with Crippen LogP contribution in [0, 0.1) is 0 Å². The molecule has 20 heavy (non-hydrogen) atoms. The van der Waals surface area contributed by atoms with E-state index in [1.54, 1.807) is 32.6 Å². The number of hydrogen-bond donors (Lipinski definition) is 1. The maximum absolute atomic E-state index is 11.7. The number of H-pyrrole nitrogens is 1. The molecule has 0 amide bonds. The molecule has 0 unspecified atom stereocenters. The van der Waals surface area contributed by atoms with Gasteiger partial charge in [-0.1, -0.05) is 6.07 Å². The van der Waals surface area contributed by atoms with Crippen molar-refractivity contribution in [1.29, 1.82) is 0 Å². The van der Waals surface area contributed by atoms with E-state index in [2.05, 4.69) is 9.97 Å². The van der Waals surface area contributed by atoms with Crippen LogP contribution in [0.4, 0.5) is 0 Å². The molecule has 0 radical (unpaired) electrons. The van der Waals surface area contributed by atoms with Gasteiger partial charge < -0.3 is 9.72 Å². The van der Waals surface area contributed by atoms with Gasteiger partial charge in [0.2, 0.25) is 0 Å². The zero-order valence-corrected chi connectivity index (χ0v) is 11.3. The van der Waals surface area contributed by atoms with Gasteiger partial charge in [0.05, 0.1) is 18.0 Å². The number of carbonyl (C=O) groups excluding carboxylic acids is 1. The van der Waals surface area contributed by atoms with Crippen LogP contribution in [0.25, 0.3) is 22.0 Å². The van der Waals surface area contributed by atoms with E-state index in [-0.39, 0.29) is 5.78 Å². The summed E-state index contributed by atoms with van der Waals surface area (Å²) >= 11 is 0. The molecule has 0 aliphatic carbocycles. The molecule has 2 aromatic heterocycles. The Bertz CT molecular complexity index is 776. The predicted molar refractivity (Wildman–Crippen MR) is 78.1 cm³/mol. The summed E-state index contributed by atoms with van der Waals surface area (Å²) < 4.78 is 5.38. The lowest BCUT2D eigenvalue weighted by Gasteiger charge is -2.08. The summed E-state index contributed by atoms with van der Waals surface area (Å²) in [6.07, 6.45) is 5.27. The Hall–Kier alpha value is -2.62. The highest BCUT2D eigenvalue weighted by Crippen LogP contribution is 2.35. The quantitative estimate of drug-likeness (QED) is 0.739. The number of nitrogens with one attached hydrogen (secondary N) is 1. The molecule has 1 aromatic carbocycles. The number of rotatable bonds is 3. The zero-order chi connectivity index (χ0) is 14.1. The predicted octanol–water partition coefficient (Wildman–Crippen LogP) is 3.44. The molecule has 1 N–H and O–H groups in total. The molecule has 0 saturated heterocycles. The molecule has 0 spiro atoms. The summed E-state index contributed by atoms with van der Waals surface area (Å²) in [6, 6.07) is 7.73. The van der Waals surface area contributed by atoms with Gasteiger partial charge >= 0.3 is 0 Å². The van der Waals surface area contributed by atoms with Gasteiger partial charge in [-0.2, -0.15) is 0 Å². The van der Waals surface area contributed by atoms with Crippen molar-refractivity contribution in [1.82, 2.24) is 9.97 Å². The van der Waals surface area contributed by atoms with E-state index < -0.39 is 0 Å². The van der Waals surface area contributed by atoms with Crippen LogP contribution in [0.1, 0.15) is 17.3 Å². The van der Waals surface area contributed by atoms with Gasteiger partial charge in [-0.05, 0) is 25.1 Å². The highest BCUT2D eigenvalue weighted by atomic mass is 16.5. The number of carbonyl (C=O) groups is 1. The molecule has 0 aliphatic rings. The number of aromatic nitrogens is 2. The summed E-state index contributed by atoms with van der Waals surface area (Å²) in [4.78, 5) is 19.1. The lowest BCUT2D eigenvalue weighted by atomic mass is 10.0. The van der Waals surface area contributed by atoms with Crippen LogP contribution in [0.3, 0.4) is 0 Å². The Labute approximate surface area is 116 Å². The Morgan fingerprint density at radius 2 is 2.15 bits per heavy atom. The molecule has 3 aromatic rings. The third-order valence-corrected chi connectivity index (χ3v) is 3.37. The topological polar surface area (TPSA) is 55.0 Å². The minimum absolute atomic E-state index is 0.0119. The van der Waals surface area contributed by atoms with Crippen LogP contribution < -0.4 is 4.74 Å². The van der Waals surface area contributed by atoms with E-state index in [1.165, 1.54) is 0 Å². The number of ketones is 1. The SMILES string of the molecule is COc1ccc(-c2cccnc2)c2[nH]cc(C(C)=O)c12. The zero-order valence-electron chi connectivity index (χ0n) is 11.3. The molecule has 2 heterocycles. The van der Waals surface area contributed by atoms with Gasteiger partial charge in [0.1, 0.15) is 5.75 Å². The molecule has 0 fully saturated rings. The normalized spacial score (nSPS) is 10.7. The Balaban J connectivity index is 2.34. The fraction of sp³-hybridized carbons (Fsp3) is 0.125. The molecular formula is C16H14N2O2. The molecule has 4 nitrogen and oxygen atoms in total. The molecule has 4 heteroatoms. The maximum Gasteiger partial charge on any atom is 0.162 e. The van der Waals surface area contributed by atoms with Gasteiger partial charge in [-0.3, -0.25) is 9.78 Å². The molecule has 0 bridgehead atoms. The minimum atomic E-state index is 0.0119. The number of aromatic amines is 1. The number of benzene rings is 1. The van der Waals surface area contributed by atoms with Gasteiger partial charge in [0.25, 0.3) is 0 Å². The van der Waals surface area contributed by atoms with Crippen LogP contribution >= 0.6 is 0 Å². The minimum Gasteiger partial charge on any atom is -0.496 e. The first kappa shape index (κ1) is 12.4. The van der Waals surface area contributed by atoms with Crippen molar-refractivity contribution in [2.24, 2.45) is 0 Å². The first-order chi connectivity index (χ1) is 9.72. The summed E-state index contributed by atoms with van der Waals surface area (Å²) in [6.45, 7) is 1.55. The summed E-state index contributed by atoms with van der Waals surface area (Å²) in [5, 5.41) is 0.821. The second-order valence-corrected chi connectivity index (χ2v) is 4.57. The highest BCUT2D eigenvalue weighted by Gasteiger charge is 2.16. The molecule has 0 aliphatic heterocycles. The van der Waals surface area contributed by atoms with E-state index in [1.807, 2.05) is 24.3 Å². The van der Waals surface area contributed by atoms with Crippen LogP contribution in [0.15, 0.2) is 42.9 Å². The average Bonchev–Trinajstić information content (AvgIpc) is 2.92. The number of fused-ring (bicyclic) bond motifs is 1. The van der Waals surface area contributed by atoms with E-state index in [0.717, 1.165) is 22.0 Å². The fourth-order valence-corrected chi connectivity index (χ4v) is 2.43. The van der Waals surface area contributed by atoms with Gasteiger partial charge in [-0.25, -0.2) is 0 Å². The lowest BCUT2D eigenvalue weighted by Crippen LogP contribution is -1.93. The Morgan fingerprint density at radius 1 is 1.30 bits per heavy atom. The number of Topliss-reactive ketones (excluding diaryl/α,β-unsaturated/α-hetero) is 1. The average molecular weight is 266 g/mol. The van der Waals surface area contributed by atoms with E-state index in [4.69, 9.17) is 4.74 Å². The standard InChI is InChI=1S/C16H14N2O2/c1-10(19)13-9-18-16-12(11-4-3-7-17-8-11)5-6-14(20-2)15(13)16/h3-9,18H,1-2H3. The first-order valence-corrected chi connectivity index (χ1v) is 6.31. The molecule has 100 valence electrons. The van der Waals surface area contributed by atoms with Crippen LogP contribution in [-0.4, -0.2) is 22.9 Å². The summed E-state index contributed by atoms with van der Waals surface area (Å²) in [5.41, 5.74) is 3.53. The van der Waals surface area contributed by atoms with E-state index in [9.17, 15) is 4.79 Å². The number of hydrogen-bond acceptors (Lipinski definition) is 3. The summed E-state index contributed by atoms with van der Waals surface area (Å²) in [5.74, 6) is 0.706. The number of methoxy groups -OCH3 is 1. The molecule has 3 rings (SSSR count). The fourth-order valence-electron chi connectivity index (χ4n) is 2.43. The van der Waals surface area contributed by atoms with E-state index >= 15 is 0 Å². The van der Waals surface area contributed by atoms with Crippen molar-refractivity contribution >= 4 is 16.7 Å². The second kappa shape index (κ2) is 4.81. The van der Waals surface area contributed by atoms with Crippen LogP contribution in [-0.2, 0) is 0 Å². The summed E-state index contributed by atoms with van der Waals surface area (Å²) in [7, 11) is 1.61. The number of pyridine rings is 1.